The lowest BCUT2D eigenvalue weighted by Crippen LogP contribution is -2.45. The van der Waals surface area contributed by atoms with Crippen LogP contribution in [0.15, 0.2) is 77.3 Å². The van der Waals surface area contributed by atoms with Crippen molar-refractivity contribution in [3.05, 3.63) is 94.2 Å². The molecule has 0 saturated carbocycles. The van der Waals surface area contributed by atoms with Crippen molar-refractivity contribution in [2.45, 2.75) is 6.04 Å². The van der Waals surface area contributed by atoms with Gasteiger partial charge < -0.3 is 0 Å². The highest BCUT2D eigenvalue weighted by Gasteiger charge is 2.25. The van der Waals surface area contributed by atoms with Crippen LogP contribution in [0.4, 0.5) is 0 Å². The summed E-state index contributed by atoms with van der Waals surface area (Å²) in [7, 11) is 0. The molecule has 0 bridgehead atoms. The van der Waals surface area contributed by atoms with E-state index in [0.29, 0.717) is 5.15 Å². The first-order valence-electron chi connectivity index (χ1n) is 10.0. The van der Waals surface area contributed by atoms with E-state index in [1.807, 2.05) is 22.2 Å². The Labute approximate surface area is 184 Å². The number of hydrogen-bond acceptors (Lipinski definition) is 5. The van der Waals surface area contributed by atoms with Gasteiger partial charge in [-0.25, -0.2) is 4.98 Å². The Kier molecular flexibility index (Phi) is 5.53. The largest absolute Gasteiger partial charge is 0.294 e. The molecule has 0 aliphatic carbocycles. The number of imidazole rings is 1. The van der Waals surface area contributed by atoms with Crippen molar-refractivity contribution < 1.29 is 0 Å². The van der Waals surface area contributed by atoms with Crippen LogP contribution >= 0.6 is 22.9 Å². The number of rotatable bonds is 5. The summed E-state index contributed by atoms with van der Waals surface area (Å²) in [6.07, 6.45) is 3.80. The molecule has 1 fully saturated rings. The van der Waals surface area contributed by atoms with Crippen molar-refractivity contribution in [3.63, 3.8) is 0 Å². The van der Waals surface area contributed by atoms with Gasteiger partial charge in [0.1, 0.15) is 5.69 Å². The average Bonchev–Trinajstić information content (AvgIpc) is 3.36. The number of benzene rings is 2. The third-order valence-corrected chi connectivity index (χ3v) is 6.52. The van der Waals surface area contributed by atoms with E-state index < -0.39 is 0 Å². The van der Waals surface area contributed by atoms with E-state index in [2.05, 4.69) is 75.6 Å². The molecule has 5 nitrogen and oxygen atoms in total. The van der Waals surface area contributed by atoms with Gasteiger partial charge in [0.25, 0.3) is 0 Å². The third-order valence-electron chi connectivity index (χ3n) is 5.48. The summed E-state index contributed by atoms with van der Waals surface area (Å²) >= 11 is 7.85. The summed E-state index contributed by atoms with van der Waals surface area (Å²) in [6, 6.07) is 21.7. The Morgan fingerprint density at radius 3 is 2.20 bits per heavy atom. The number of piperazine rings is 1. The molecule has 0 radical (unpaired) electrons. The Morgan fingerprint density at radius 1 is 0.933 bits per heavy atom. The Balaban J connectivity index is 1.31. The summed E-state index contributed by atoms with van der Waals surface area (Å²) in [5.74, 6) is 0. The molecule has 7 heteroatoms. The minimum Gasteiger partial charge on any atom is -0.294 e. The van der Waals surface area contributed by atoms with E-state index in [-0.39, 0.29) is 6.04 Å². The first kappa shape index (κ1) is 19.3. The molecular formula is C23H22ClN5S. The van der Waals surface area contributed by atoms with Gasteiger partial charge in [-0.3, -0.25) is 14.3 Å². The lowest BCUT2D eigenvalue weighted by atomic mass is 9.96. The maximum Gasteiger partial charge on any atom is 0.195 e. The summed E-state index contributed by atoms with van der Waals surface area (Å²) in [5.41, 5.74) is 3.49. The van der Waals surface area contributed by atoms with Gasteiger partial charge in [0.15, 0.2) is 10.1 Å². The van der Waals surface area contributed by atoms with Crippen LogP contribution in [0.2, 0.25) is 5.15 Å². The molecule has 0 spiro atoms. The van der Waals surface area contributed by atoms with Gasteiger partial charge in [0.2, 0.25) is 0 Å². The minimum absolute atomic E-state index is 0.258. The number of nitrogens with zero attached hydrogens (tertiary/aromatic N) is 5. The van der Waals surface area contributed by atoms with Crippen LogP contribution < -0.4 is 0 Å². The van der Waals surface area contributed by atoms with Crippen molar-refractivity contribution in [2.75, 3.05) is 26.2 Å². The highest BCUT2D eigenvalue weighted by molar-refractivity contribution is 7.15. The zero-order valence-electron chi connectivity index (χ0n) is 16.4. The first-order chi connectivity index (χ1) is 14.8. The van der Waals surface area contributed by atoms with Crippen LogP contribution in [0.5, 0.6) is 0 Å². The van der Waals surface area contributed by atoms with Gasteiger partial charge in [-0.15, -0.1) is 11.3 Å². The molecule has 0 unspecified atom stereocenters. The van der Waals surface area contributed by atoms with Crippen LogP contribution in [0.1, 0.15) is 22.9 Å². The molecule has 0 N–H and O–H groups in total. The van der Waals surface area contributed by atoms with Gasteiger partial charge in [-0.2, -0.15) is 5.10 Å². The fourth-order valence-electron chi connectivity index (χ4n) is 4.00. The van der Waals surface area contributed by atoms with Crippen molar-refractivity contribution in [1.82, 2.24) is 19.3 Å². The average molecular weight is 436 g/mol. The molecule has 0 atom stereocenters. The molecule has 4 aromatic rings. The molecule has 1 aliphatic heterocycles. The number of halogens is 1. The van der Waals surface area contributed by atoms with Crippen LogP contribution in [0.3, 0.4) is 0 Å². The second-order valence-corrected chi connectivity index (χ2v) is 8.53. The maximum absolute atomic E-state index is 6.28. The van der Waals surface area contributed by atoms with Gasteiger partial charge in [-0.1, -0.05) is 72.3 Å². The van der Waals surface area contributed by atoms with E-state index in [0.717, 1.165) is 36.8 Å². The standard InChI is InChI=1S/C23H22ClN5S/c24-22-20(29-15-16-30-23(29)26-22)17-25-28-13-11-27(12-14-28)21(18-7-3-1-4-8-18)19-9-5-2-6-10-19/h1-10,15-17,21H,11-14H2. The number of fused-ring (bicyclic) bond motifs is 1. The highest BCUT2D eigenvalue weighted by Crippen LogP contribution is 2.29. The molecular weight excluding hydrogens is 414 g/mol. The normalized spacial score (nSPS) is 15.6. The van der Waals surface area contributed by atoms with Gasteiger partial charge >= 0.3 is 0 Å². The summed E-state index contributed by atoms with van der Waals surface area (Å²) in [4.78, 5) is 7.80. The predicted molar refractivity (Wildman–Crippen MR) is 124 cm³/mol. The molecule has 0 amide bonds. The summed E-state index contributed by atoms with van der Waals surface area (Å²) < 4.78 is 1.98. The molecule has 3 heterocycles. The Hall–Kier alpha value is -2.67. The van der Waals surface area contributed by atoms with Crippen LogP contribution in [-0.2, 0) is 0 Å². The Bertz CT molecular complexity index is 1090. The van der Waals surface area contributed by atoms with Crippen LogP contribution in [0, 0.1) is 0 Å². The highest BCUT2D eigenvalue weighted by atomic mass is 35.5. The lowest BCUT2D eigenvalue weighted by Gasteiger charge is -2.38. The number of thiazole rings is 1. The topological polar surface area (TPSA) is 36.1 Å². The maximum atomic E-state index is 6.28. The quantitative estimate of drug-likeness (QED) is 0.423. The molecule has 30 heavy (non-hydrogen) atoms. The van der Waals surface area contributed by atoms with Gasteiger partial charge in [-0.05, 0) is 11.1 Å². The predicted octanol–water partition coefficient (Wildman–Crippen LogP) is 4.79. The van der Waals surface area contributed by atoms with Gasteiger partial charge in [0, 0.05) is 37.8 Å². The third kappa shape index (κ3) is 3.86. The molecule has 5 rings (SSSR count). The summed E-state index contributed by atoms with van der Waals surface area (Å²) in [5, 5.41) is 9.31. The zero-order valence-corrected chi connectivity index (χ0v) is 18.0. The van der Waals surface area contributed by atoms with Crippen LogP contribution in [-0.4, -0.2) is 51.7 Å². The Morgan fingerprint density at radius 2 is 1.57 bits per heavy atom. The molecule has 1 saturated heterocycles. The fourth-order valence-corrected chi connectivity index (χ4v) is 4.99. The second kappa shape index (κ2) is 8.60. The smallest absolute Gasteiger partial charge is 0.195 e. The summed E-state index contributed by atoms with van der Waals surface area (Å²) in [6.45, 7) is 3.63. The molecule has 1 aliphatic rings. The number of hydrazone groups is 1. The second-order valence-electron chi connectivity index (χ2n) is 7.30. The van der Waals surface area contributed by atoms with Crippen molar-refractivity contribution in [1.29, 1.82) is 0 Å². The first-order valence-corrected chi connectivity index (χ1v) is 11.3. The monoisotopic (exact) mass is 435 g/mol. The SMILES string of the molecule is Clc1nc2sccn2c1C=NN1CCN(C(c2ccccc2)c2ccccc2)CC1. The van der Waals surface area contributed by atoms with Crippen molar-refractivity contribution in [2.24, 2.45) is 5.10 Å². The molecule has 2 aromatic carbocycles. The van der Waals surface area contributed by atoms with Crippen molar-refractivity contribution >= 4 is 34.1 Å². The molecule has 152 valence electrons. The van der Waals surface area contributed by atoms with Gasteiger partial charge in [0.05, 0.1) is 12.3 Å². The van der Waals surface area contributed by atoms with Crippen LogP contribution in [0.25, 0.3) is 4.96 Å². The van der Waals surface area contributed by atoms with E-state index in [9.17, 15) is 0 Å². The lowest BCUT2D eigenvalue weighted by molar-refractivity contribution is 0.113. The van der Waals surface area contributed by atoms with E-state index in [1.54, 1.807) is 11.3 Å². The number of hydrogen-bond donors (Lipinski definition) is 0. The fraction of sp³-hybridized carbons (Fsp3) is 0.217. The number of aromatic nitrogens is 2. The van der Waals surface area contributed by atoms with E-state index in [4.69, 9.17) is 16.7 Å². The zero-order chi connectivity index (χ0) is 20.3. The minimum atomic E-state index is 0.258. The van der Waals surface area contributed by atoms with E-state index >= 15 is 0 Å². The van der Waals surface area contributed by atoms with E-state index in [1.165, 1.54) is 11.1 Å². The molecule has 2 aromatic heterocycles. The van der Waals surface area contributed by atoms with Crippen molar-refractivity contribution in [3.8, 4) is 0 Å².